The lowest BCUT2D eigenvalue weighted by molar-refractivity contribution is -0.140. The van der Waals surface area contributed by atoms with Crippen molar-refractivity contribution >= 4 is 28.8 Å². The number of carbonyl (C=O) groups is 2. The Morgan fingerprint density at radius 1 is 0.941 bits per heavy atom. The van der Waals surface area contributed by atoms with E-state index in [4.69, 9.17) is 9.47 Å². The van der Waals surface area contributed by atoms with Crippen LogP contribution in [0.3, 0.4) is 0 Å². The van der Waals surface area contributed by atoms with Crippen LogP contribution < -0.4 is 9.47 Å². The van der Waals surface area contributed by atoms with Crippen LogP contribution in [0.1, 0.15) is 17.5 Å². The van der Waals surface area contributed by atoms with Crippen molar-refractivity contribution in [2.75, 3.05) is 7.11 Å². The normalized spacial score (nSPS) is 25.0. The predicted octanol–water partition coefficient (Wildman–Crippen LogP) is 4.57. The van der Waals surface area contributed by atoms with Gasteiger partial charge in [-0.15, -0.1) is 0 Å². The molecule has 0 radical (unpaired) electrons. The van der Waals surface area contributed by atoms with Crippen LogP contribution in [0.2, 0.25) is 0 Å². The molecule has 170 valence electrons. The standard InChI is InChI=1S/C28H24N2O4/c1-33-23-11-5-8-20(26(23)34-16-21-9-4-7-17-6-2-3-10-22(17)21)15-29-30-27(31)24-18-12-13-19(14-18)25(24)28(30)32/h2-13,15,18-19,24-25H,14,16H2,1H3/t18-,19-,24-,25+/m0/s1. The van der Waals surface area contributed by atoms with Crippen molar-refractivity contribution in [2.24, 2.45) is 28.8 Å². The van der Waals surface area contributed by atoms with Gasteiger partial charge < -0.3 is 9.47 Å². The number of carbonyl (C=O) groups excluding carboxylic acids is 2. The minimum Gasteiger partial charge on any atom is -0.493 e. The summed E-state index contributed by atoms with van der Waals surface area (Å²) in [6, 6.07) is 19.8. The van der Waals surface area contributed by atoms with Gasteiger partial charge in [0.1, 0.15) is 6.61 Å². The number of ether oxygens (including phenoxy) is 2. The third-order valence-electron chi connectivity index (χ3n) is 7.24. The van der Waals surface area contributed by atoms with Crippen LogP contribution in [-0.2, 0) is 16.2 Å². The van der Waals surface area contributed by atoms with E-state index in [1.54, 1.807) is 7.11 Å². The Balaban J connectivity index is 1.27. The number of hydrogen-bond donors (Lipinski definition) is 0. The lowest BCUT2D eigenvalue weighted by atomic mass is 9.85. The zero-order valence-corrected chi connectivity index (χ0v) is 18.8. The van der Waals surface area contributed by atoms with Gasteiger partial charge in [-0.3, -0.25) is 9.59 Å². The highest BCUT2D eigenvalue weighted by atomic mass is 16.5. The quantitative estimate of drug-likeness (QED) is 0.312. The van der Waals surface area contributed by atoms with Gasteiger partial charge in [-0.05, 0) is 46.7 Å². The van der Waals surface area contributed by atoms with Crippen LogP contribution in [0.15, 0.2) is 77.9 Å². The first-order chi connectivity index (χ1) is 16.7. The highest BCUT2D eigenvalue weighted by Gasteiger charge is 2.59. The van der Waals surface area contributed by atoms with Crippen molar-refractivity contribution in [3.05, 3.63) is 83.9 Å². The van der Waals surface area contributed by atoms with Gasteiger partial charge in [-0.2, -0.15) is 10.1 Å². The first-order valence-corrected chi connectivity index (χ1v) is 11.5. The van der Waals surface area contributed by atoms with E-state index in [-0.39, 0.29) is 35.5 Å². The molecule has 1 saturated heterocycles. The first kappa shape index (κ1) is 20.7. The summed E-state index contributed by atoms with van der Waals surface area (Å²) in [5.41, 5.74) is 1.69. The highest BCUT2D eigenvalue weighted by Crippen LogP contribution is 2.52. The number of imide groups is 1. The fraction of sp³-hybridized carbons (Fsp3) is 0.250. The van der Waals surface area contributed by atoms with E-state index in [1.165, 1.54) is 6.21 Å². The molecule has 2 amide bonds. The van der Waals surface area contributed by atoms with Crippen LogP contribution >= 0.6 is 0 Å². The number of hydrazone groups is 1. The summed E-state index contributed by atoms with van der Waals surface area (Å²) in [6.07, 6.45) is 6.57. The fourth-order valence-corrected chi connectivity index (χ4v) is 5.64. The van der Waals surface area contributed by atoms with Crippen LogP contribution in [0.25, 0.3) is 10.8 Å². The molecule has 34 heavy (non-hydrogen) atoms. The van der Waals surface area contributed by atoms with Crippen molar-refractivity contribution in [1.29, 1.82) is 0 Å². The second kappa shape index (κ2) is 8.13. The average molecular weight is 453 g/mol. The second-order valence-electron chi connectivity index (χ2n) is 9.04. The van der Waals surface area contributed by atoms with E-state index in [9.17, 15) is 9.59 Å². The molecule has 4 atom stereocenters. The van der Waals surface area contributed by atoms with Crippen LogP contribution in [-0.4, -0.2) is 30.1 Å². The summed E-state index contributed by atoms with van der Waals surface area (Å²) in [7, 11) is 1.58. The number of para-hydroxylation sites is 1. The summed E-state index contributed by atoms with van der Waals surface area (Å²) in [4.78, 5) is 25.9. The summed E-state index contributed by atoms with van der Waals surface area (Å²) in [5, 5.41) is 7.64. The number of amides is 2. The summed E-state index contributed by atoms with van der Waals surface area (Å²) >= 11 is 0. The van der Waals surface area contributed by atoms with E-state index in [2.05, 4.69) is 35.5 Å². The predicted molar refractivity (Wildman–Crippen MR) is 128 cm³/mol. The van der Waals surface area contributed by atoms with Gasteiger partial charge in [-0.25, -0.2) is 0 Å². The molecule has 2 bridgehead atoms. The fourth-order valence-electron chi connectivity index (χ4n) is 5.64. The maximum atomic E-state index is 13.0. The third-order valence-corrected chi connectivity index (χ3v) is 7.24. The number of fused-ring (bicyclic) bond motifs is 6. The molecule has 3 aliphatic rings. The van der Waals surface area contributed by atoms with E-state index in [1.807, 2.05) is 42.5 Å². The molecule has 0 N–H and O–H groups in total. The molecular formula is C28H24N2O4. The average Bonchev–Trinajstić information content (AvgIpc) is 3.55. The Morgan fingerprint density at radius 3 is 2.41 bits per heavy atom. The Labute approximate surface area is 197 Å². The number of benzene rings is 3. The zero-order chi connectivity index (χ0) is 23.2. The zero-order valence-electron chi connectivity index (χ0n) is 18.8. The molecule has 0 unspecified atom stereocenters. The van der Waals surface area contributed by atoms with Gasteiger partial charge >= 0.3 is 0 Å². The summed E-state index contributed by atoms with van der Waals surface area (Å²) < 4.78 is 11.8. The van der Waals surface area contributed by atoms with Gasteiger partial charge in [0.05, 0.1) is 25.2 Å². The molecule has 6 rings (SSSR count). The van der Waals surface area contributed by atoms with Gasteiger partial charge in [0.15, 0.2) is 11.5 Å². The number of methoxy groups -OCH3 is 1. The molecule has 6 nitrogen and oxygen atoms in total. The van der Waals surface area contributed by atoms with Crippen molar-refractivity contribution in [2.45, 2.75) is 13.0 Å². The molecule has 0 spiro atoms. The maximum absolute atomic E-state index is 13.0. The van der Waals surface area contributed by atoms with Crippen LogP contribution in [0, 0.1) is 23.7 Å². The van der Waals surface area contributed by atoms with E-state index >= 15 is 0 Å². The minimum atomic E-state index is -0.271. The van der Waals surface area contributed by atoms with Crippen molar-refractivity contribution in [3.63, 3.8) is 0 Å². The smallest absolute Gasteiger partial charge is 0.254 e. The highest BCUT2D eigenvalue weighted by molar-refractivity contribution is 6.07. The summed E-state index contributed by atoms with van der Waals surface area (Å²) in [5.74, 6) is 0.434. The number of nitrogens with zero attached hydrogens (tertiary/aromatic N) is 2. The molecule has 2 fully saturated rings. The van der Waals surface area contributed by atoms with Crippen LogP contribution in [0.4, 0.5) is 0 Å². The third kappa shape index (κ3) is 3.21. The largest absolute Gasteiger partial charge is 0.493 e. The number of allylic oxidation sites excluding steroid dienone is 2. The molecule has 3 aromatic rings. The van der Waals surface area contributed by atoms with Gasteiger partial charge in [-0.1, -0.05) is 60.7 Å². The van der Waals surface area contributed by atoms with Crippen molar-refractivity contribution in [1.82, 2.24) is 5.01 Å². The van der Waals surface area contributed by atoms with Crippen molar-refractivity contribution < 1.29 is 19.1 Å². The maximum Gasteiger partial charge on any atom is 0.254 e. The van der Waals surface area contributed by atoms with Crippen LogP contribution in [0.5, 0.6) is 11.5 Å². The molecule has 0 aromatic heterocycles. The van der Waals surface area contributed by atoms with Crippen molar-refractivity contribution in [3.8, 4) is 11.5 Å². The van der Waals surface area contributed by atoms with Gasteiger partial charge in [0.25, 0.3) is 11.8 Å². The minimum absolute atomic E-state index is 0.156. The van der Waals surface area contributed by atoms with E-state index in [0.29, 0.717) is 23.7 Å². The van der Waals surface area contributed by atoms with Gasteiger partial charge in [0.2, 0.25) is 0 Å². The lowest BCUT2D eigenvalue weighted by Crippen LogP contribution is -2.28. The Morgan fingerprint density at radius 2 is 1.65 bits per heavy atom. The lowest BCUT2D eigenvalue weighted by Gasteiger charge is -2.15. The Kier molecular flexibility index (Phi) is 4.94. The first-order valence-electron chi connectivity index (χ1n) is 11.5. The number of rotatable bonds is 6. The molecule has 3 aromatic carbocycles. The Hall–Kier alpha value is -3.93. The molecule has 2 aliphatic carbocycles. The SMILES string of the molecule is COc1cccc(C=NN2C(=O)[C@@H]3[C@H](C2=O)[C@H]2C=C[C@H]3C2)c1OCc1cccc2ccccc12. The van der Waals surface area contributed by atoms with Gasteiger partial charge in [0, 0.05) is 5.56 Å². The number of hydrogen-bond acceptors (Lipinski definition) is 5. The van der Waals surface area contributed by atoms with E-state index in [0.717, 1.165) is 27.8 Å². The second-order valence-corrected chi connectivity index (χ2v) is 9.04. The molecule has 1 saturated carbocycles. The molecular weight excluding hydrogens is 428 g/mol. The molecule has 1 aliphatic heterocycles. The molecule has 1 heterocycles. The Bertz CT molecular complexity index is 1330. The topological polar surface area (TPSA) is 68.2 Å². The monoisotopic (exact) mass is 452 g/mol. The van der Waals surface area contributed by atoms with E-state index < -0.39 is 0 Å². The summed E-state index contributed by atoms with van der Waals surface area (Å²) in [6.45, 7) is 0.337. The molecule has 6 heteroatoms.